The summed E-state index contributed by atoms with van der Waals surface area (Å²) in [6.45, 7) is 2.08. The van der Waals surface area contributed by atoms with Gasteiger partial charge in [-0.05, 0) is 37.7 Å². The molecule has 1 aromatic carbocycles. The highest BCUT2D eigenvalue weighted by Gasteiger charge is 2.25. The molecule has 1 atom stereocenters. The van der Waals surface area contributed by atoms with Gasteiger partial charge in [0.05, 0.1) is 12.1 Å². The van der Waals surface area contributed by atoms with Gasteiger partial charge < -0.3 is 24.8 Å². The van der Waals surface area contributed by atoms with Gasteiger partial charge in [0.1, 0.15) is 6.04 Å². The van der Waals surface area contributed by atoms with Crippen molar-refractivity contribution < 1.29 is 14.3 Å². The van der Waals surface area contributed by atoms with Crippen LogP contribution < -0.4 is 10.6 Å². The molecular formula is C17H22N4O3. The van der Waals surface area contributed by atoms with Crippen molar-refractivity contribution >= 4 is 28.6 Å². The first-order valence-electron chi connectivity index (χ1n) is 8.01. The summed E-state index contributed by atoms with van der Waals surface area (Å²) in [5, 5.41) is 6.53. The predicted octanol–water partition coefficient (Wildman–Crippen LogP) is 1.64. The Bertz CT molecular complexity index is 753. The molecule has 2 amide bonds. The molecule has 2 aromatic rings. The van der Waals surface area contributed by atoms with E-state index in [1.165, 1.54) is 0 Å². The first-order chi connectivity index (χ1) is 11.5. The maximum Gasteiger partial charge on any atom is 0.407 e. The van der Waals surface area contributed by atoms with Gasteiger partial charge in [-0.15, -0.1) is 0 Å². The second-order valence-corrected chi connectivity index (χ2v) is 6.20. The Morgan fingerprint density at radius 3 is 3.00 bits per heavy atom. The molecule has 1 aliphatic heterocycles. The van der Waals surface area contributed by atoms with Crippen LogP contribution in [-0.4, -0.2) is 54.8 Å². The van der Waals surface area contributed by atoms with Gasteiger partial charge in [0.25, 0.3) is 0 Å². The van der Waals surface area contributed by atoms with Crippen LogP contribution in [-0.2, 0) is 16.1 Å². The van der Waals surface area contributed by atoms with E-state index in [2.05, 4.69) is 32.4 Å². The third-order valence-corrected chi connectivity index (χ3v) is 4.08. The number of ether oxygens (including phenoxy) is 1. The second-order valence-electron chi connectivity index (χ2n) is 6.20. The third kappa shape index (κ3) is 3.68. The number of cyclic esters (lactones) is 1. The molecule has 0 spiro atoms. The van der Waals surface area contributed by atoms with Crippen molar-refractivity contribution in [2.24, 2.45) is 0 Å². The van der Waals surface area contributed by atoms with Gasteiger partial charge in [0.15, 0.2) is 0 Å². The molecule has 128 valence electrons. The van der Waals surface area contributed by atoms with Crippen molar-refractivity contribution in [3.8, 4) is 0 Å². The minimum Gasteiger partial charge on any atom is -0.449 e. The van der Waals surface area contributed by atoms with E-state index >= 15 is 0 Å². The number of hydrogen-bond acceptors (Lipinski definition) is 4. The van der Waals surface area contributed by atoms with Gasteiger partial charge in [-0.1, -0.05) is 6.07 Å². The average molecular weight is 330 g/mol. The summed E-state index contributed by atoms with van der Waals surface area (Å²) in [4.78, 5) is 25.6. The Labute approximate surface area is 140 Å². The first kappa shape index (κ1) is 16.3. The lowest BCUT2D eigenvalue weighted by Gasteiger charge is -2.22. The SMILES string of the molecule is CN(C)CCn1ccc2ccc(NC(=O)C3CCOC(=O)N3)cc21. The third-order valence-electron chi connectivity index (χ3n) is 4.08. The van der Waals surface area contributed by atoms with E-state index in [1.54, 1.807) is 0 Å². The summed E-state index contributed by atoms with van der Waals surface area (Å²) in [6, 6.07) is 7.33. The molecule has 3 rings (SSSR count). The van der Waals surface area contributed by atoms with Crippen LogP contribution in [0.3, 0.4) is 0 Å². The number of nitrogens with zero attached hydrogens (tertiary/aromatic N) is 2. The van der Waals surface area contributed by atoms with E-state index in [9.17, 15) is 9.59 Å². The molecule has 0 aliphatic carbocycles. The van der Waals surface area contributed by atoms with Crippen LogP contribution in [0.25, 0.3) is 10.9 Å². The van der Waals surface area contributed by atoms with E-state index in [0.29, 0.717) is 6.42 Å². The fourth-order valence-corrected chi connectivity index (χ4v) is 2.72. The van der Waals surface area contributed by atoms with E-state index < -0.39 is 12.1 Å². The van der Waals surface area contributed by atoms with Crippen molar-refractivity contribution in [3.63, 3.8) is 0 Å². The second kappa shape index (κ2) is 6.92. The van der Waals surface area contributed by atoms with Crippen LogP contribution in [0.5, 0.6) is 0 Å². The van der Waals surface area contributed by atoms with Gasteiger partial charge in [0, 0.05) is 31.4 Å². The number of anilines is 1. The minimum atomic E-state index is -0.553. The Balaban J connectivity index is 1.73. The highest BCUT2D eigenvalue weighted by Crippen LogP contribution is 2.21. The molecular weight excluding hydrogens is 308 g/mol. The first-order valence-corrected chi connectivity index (χ1v) is 8.01. The summed E-state index contributed by atoms with van der Waals surface area (Å²) in [5.74, 6) is -0.225. The molecule has 0 radical (unpaired) electrons. The summed E-state index contributed by atoms with van der Waals surface area (Å²) >= 11 is 0. The lowest BCUT2D eigenvalue weighted by Crippen LogP contribution is -2.48. The lowest BCUT2D eigenvalue weighted by atomic mass is 10.1. The highest BCUT2D eigenvalue weighted by atomic mass is 16.6. The molecule has 7 heteroatoms. The lowest BCUT2D eigenvalue weighted by molar-refractivity contribution is -0.119. The van der Waals surface area contributed by atoms with Crippen LogP contribution in [0.1, 0.15) is 6.42 Å². The quantitative estimate of drug-likeness (QED) is 0.874. The molecule has 1 aromatic heterocycles. The van der Waals surface area contributed by atoms with Crippen molar-refractivity contribution in [2.45, 2.75) is 19.0 Å². The summed E-state index contributed by atoms with van der Waals surface area (Å²) in [7, 11) is 4.08. The van der Waals surface area contributed by atoms with Crippen LogP contribution >= 0.6 is 0 Å². The molecule has 24 heavy (non-hydrogen) atoms. The molecule has 7 nitrogen and oxygen atoms in total. The topological polar surface area (TPSA) is 75.6 Å². The summed E-state index contributed by atoms with van der Waals surface area (Å²) < 4.78 is 6.95. The fourth-order valence-electron chi connectivity index (χ4n) is 2.72. The van der Waals surface area contributed by atoms with Gasteiger partial charge in [-0.2, -0.15) is 0 Å². The zero-order chi connectivity index (χ0) is 17.1. The minimum absolute atomic E-state index is 0.225. The maximum atomic E-state index is 12.3. The Hall–Kier alpha value is -2.54. The van der Waals surface area contributed by atoms with Gasteiger partial charge in [0.2, 0.25) is 5.91 Å². The van der Waals surface area contributed by atoms with Crippen molar-refractivity contribution in [3.05, 3.63) is 30.5 Å². The van der Waals surface area contributed by atoms with Crippen LogP contribution in [0.15, 0.2) is 30.5 Å². The van der Waals surface area contributed by atoms with Crippen molar-refractivity contribution in [1.82, 2.24) is 14.8 Å². The molecule has 0 bridgehead atoms. The van der Waals surface area contributed by atoms with Crippen LogP contribution in [0.4, 0.5) is 10.5 Å². The summed E-state index contributed by atoms with van der Waals surface area (Å²) in [5.41, 5.74) is 1.80. The van der Waals surface area contributed by atoms with E-state index in [4.69, 9.17) is 4.74 Å². The molecule has 1 aliphatic rings. The largest absolute Gasteiger partial charge is 0.449 e. The van der Waals surface area contributed by atoms with Crippen molar-refractivity contribution in [2.75, 3.05) is 32.6 Å². The van der Waals surface area contributed by atoms with Gasteiger partial charge in [-0.25, -0.2) is 4.79 Å². The number of alkyl carbamates (subject to hydrolysis) is 1. The molecule has 1 unspecified atom stereocenters. The number of hydrogen-bond donors (Lipinski definition) is 2. The van der Waals surface area contributed by atoms with Gasteiger partial charge >= 0.3 is 6.09 Å². The standard InChI is InChI=1S/C17H22N4O3/c1-20(2)8-9-21-7-5-12-3-4-13(11-15(12)21)18-16(22)14-6-10-24-17(23)19-14/h3-5,7,11,14H,6,8-10H2,1-2H3,(H,18,22)(H,19,23). The Morgan fingerprint density at radius 1 is 1.42 bits per heavy atom. The number of carbonyl (C=O) groups is 2. The van der Waals surface area contributed by atoms with Crippen molar-refractivity contribution in [1.29, 1.82) is 0 Å². The zero-order valence-corrected chi connectivity index (χ0v) is 13.9. The normalized spacial score (nSPS) is 17.6. The smallest absolute Gasteiger partial charge is 0.407 e. The van der Waals surface area contributed by atoms with Gasteiger partial charge in [-0.3, -0.25) is 4.79 Å². The number of aromatic nitrogens is 1. The number of amides is 2. The number of benzene rings is 1. The number of fused-ring (bicyclic) bond motifs is 1. The summed E-state index contributed by atoms with van der Waals surface area (Å²) in [6.07, 6.45) is 1.98. The molecule has 1 saturated heterocycles. The molecule has 1 fully saturated rings. The van der Waals surface area contributed by atoms with E-state index in [0.717, 1.165) is 29.7 Å². The number of carbonyl (C=O) groups excluding carboxylic acids is 2. The monoisotopic (exact) mass is 330 g/mol. The highest BCUT2D eigenvalue weighted by molar-refractivity contribution is 5.98. The number of likely N-dealkylation sites (N-methyl/N-ethyl adjacent to an activating group) is 1. The Morgan fingerprint density at radius 2 is 2.25 bits per heavy atom. The maximum absolute atomic E-state index is 12.3. The van der Waals surface area contributed by atoms with E-state index in [1.807, 2.05) is 32.3 Å². The average Bonchev–Trinajstić information content (AvgIpc) is 2.95. The molecule has 2 N–H and O–H groups in total. The molecule has 0 saturated carbocycles. The molecule has 2 heterocycles. The number of rotatable bonds is 5. The fraction of sp³-hybridized carbons (Fsp3) is 0.412. The van der Waals surface area contributed by atoms with Crippen LogP contribution in [0, 0.1) is 0 Å². The predicted molar refractivity (Wildman–Crippen MR) is 92.0 cm³/mol. The zero-order valence-electron chi connectivity index (χ0n) is 13.9. The Kier molecular flexibility index (Phi) is 4.71. The van der Waals surface area contributed by atoms with Crippen LogP contribution in [0.2, 0.25) is 0 Å². The van der Waals surface area contributed by atoms with E-state index in [-0.39, 0.29) is 12.5 Å². The number of nitrogens with one attached hydrogen (secondary N) is 2.